The maximum atomic E-state index is 9.00. The second-order valence-corrected chi connectivity index (χ2v) is 0.519. The fourth-order valence-corrected chi connectivity index (χ4v) is 0. The first kappa shape index (κ1) is 67.6. The molecule has 0 saturated heterocycles. The van der Waals surface area contributed by atoms with Gasteiger partial charge in [0, 0.05) is 24.0 Å². The topological polar surface area (TPSA) is 163 Å². The Morgan fingerprint density at radius 1 is 1.11 bits per heavy atom. The minimum Gasteiger partial charge on any atom is -0.481 e. The van der Waals surface area contributed by atoms with E-state index < -0.39 is 5.97 Å². The van der Waals surface area contributed by atoms with Crippen LogP contribution in [-0.4, -0.2) is 33.0 Å². The van der Waals surface area contributed by atoms with E-state index in [2.05, 4.69) is 0 Å². The van der Waals surface area contributed by atoms with Crippen molar-refractivity contribution < 1.29 is 48.9 Å². The van der Waals surface area contributed by atoms with Crippen molar-refractivity contribution >= 4 is 5.97 Å². The first-order valence-corrected chi connectivity index (χ1v) is 0.928. The number of carboxylic acid groups (broad SMARTS) is 1. The van der Waals surface area contributed by atoms with Crippen LogP contribution in [0.25, 0.3) is 0 Å². The zero-order valence-corrected chi connectivity index (χ0v) is 5.60. The molecule has 0 spiro atoms. The van der Waals surface area contributed by atoms with Crippen molar-refractivity contribution in [2.45, 2.75) is 6.92 Å². The molecule has 0 amide bonds. The number of carbonyl (C=O) groups is 1. The third kappa shape index (κ3) is 9150. The van der Waals surface area contributed by atoms with Crippen molar-refractivity contribution in [3.63, 3.8) is 0 Å². The molecule has 9 N–H and O–H groups in total. The van der Waals surface area contributed by atoms with E-state index in [4.69, 9.17) is 9.90 Å². The minimum atomic E-state index is -0.833. The van der Waals surface area contributed by atoms with Crippen LogP contribution in [0.1, 0.15) is 6.92 Å². The maximum Gasteiger partial charge on any atom is 0.300 e. The summed E-state index contributed by atoms with van der Waals surface area (Å²) in [6, 6.07) is 0. The number of hydrogen-bond donors (Lipinski definition) is 1. The van der Waals surface area contributed by atoms with Crippen LogP contribution in [0.15, 0.2) is 0 Å². The van der Waals surface area contributed by atoms with Crippen LogP contribution in [0.5, 0.6) is 0 Å². The molecule has 0 heterocycles. The van der Waals surface area contributed by atoms with Gasteiger partial charge >= 0.3 is 0 Å². The van der Waals surface area contributed by atoms with E-state index in [0.29, 0.717) is 0 Å². The molecule has 0 aromatic carbocycles. The summed E-state index contributed by atoms with van der Waals surface area (Å²) in [5, 5.41) is 7.42. The van der Waals surface area contributed by atoms with Crippen LogP contribution in [0.3, 0.4) is 0 Å². The summed E-state index contributed by atoms with van der Waals surface area (Å²) >= 11 is 0. The molecule has 0 unspecified atom stereocenters. The molecular weight excluding hydrogens is 184 g/mol. The summed E-state index contributed by atoms with van der Waals surface area (Å²) in [6.07, 6.45) is 0. The summed E-state index contributed by atoms with van der Waals surface area (Å²) in [4.78, 5) is 9.00. The Morgan fingerprint density at radius 2 is 1.11 bits per heavy atom. The summed E-state index contributed by atoms with van der Waals surface area (Å²) < 4.78 is 0. The standard InChI is InChI=1S/C2H4O2.Cu.4H2O/c1-2(3)4;;;;;/h1H3,(H,3,4);;4*1H2. The van der Waals surface area contributed by atoms with Crippen LogP contribution in [0.2, 0.25) is 0 Å². The number of carboxylic acids is 1. The van der Waals surface area contributed by atoms with Gasteiger partial charge in [-0.3, -0.25) is 4.79 Å². The van der Waals surface area contributed by atoms with Crippen molar-refractivity contribution in [2.75, 3.05) is 0 Å². The van der Waals surface area contributed by atoms with Gasteiger partial charge in [0.25, 0.3) is 5.97 Å². The van der Waals surface area contributed by atoms with Gasteiger partial charge in [0.15, 0.2) is 0 Å². The molecule has 7 heteroatoms. The van der Waals surface area contributed by atoms with Gasteiger partial charge in [-0.05, 0) is 0 Å². The molecule has 0 bridgehead atoms. The molecule has 0 aromatic rings. The van der Waals surface area contributed by atoms with Crippen molar-refractivity contribution in [1.82, 2.24) is 0 Å². The van der Waals surface area contributed by atoms with Gasteiger partial charge in [-0.2, -0.15) is 0 Å². The Labute approximate surface area is 62.6 Å². The normalized spacial score (nSPS) is 2.78. The zero-order chi connectivity index (χ0) is 3.58. The summed E-state index contributed by atoms with van der Waals surface area (Å²) in [7, 11) is 0. The smallest absolute Gasteiger partial charge is 0.300 e. The van der Waals surface area contributed by atoms with E-state index in [-0.39, 0.29) is 39.0 Å². The molecule has 9 heavy (non-hydrogen) atoms. The van der Waals surface area contributed by atoms with Crippen molar-refractivity contribution in [1.29, 1.82) is 0 Å². The predicted molar refractivity (Wildman–Crippen MR) is 27.8 cm³/mol. The van der Waals surface area contributed by atoms with Gasteiger partial charge < -0.3 is 27.0 Å². The van der Waals surface area contributed by atoms with E-state index in [1.807, 2.05) is 0 Å². The Hall–Kier alpha value is -0.171. The fourth-order valence-electron chi connectivity index (χ4n) is 0. The summed E-state index contributed by atoms with van der Waals surface area (Å²) in [5.74, 6) is -0.833. The average molecular weight is 196 g/mol. The van der Waals surface area contributed by atoms with E-state index in [1.54, 1.807) is 0 Å². The Kier molecular flexibility index (Phi) is 343. The molecule has 0 fully saturated rings. The largest absolute Gasteiger partial charge is 0.481 e. The molecular formula is C2H12CuO6. The quantitative estimate of drug-likeness (QED) is 0.403. The predicted octanol–water partition coefficient (Wildman–Crippen LogP) is -3.21. The molecule has 0 aliphatic rings. The molecule has 1 radical (unpaired) electrons. The number of hydrogen-bond acceptors (Lipinski definition) is 1. The van der Waals surface area contributed by atoms with Crippen LogP contribution < -0.4 is 0 Å². The molecule has 67 valence electrons. The number of aliphatic carboxylic acids is 1. The SMILES string of the molecule is CC(=O)O.O.O.O.O.[Cu]. The Bertz CT molecular complexity index is 34.0. The molecule has 0 aliphatic heterocycles. The van der Waals surface area contributed by atoms with Gasteiger partial charge in [0.2, 0.25) is 0 Å². The van der Waals surface area contributed by atoms with Crippen molar-refractivity contribution in [2.24, 2.45) is 0 Å². The van der Waals surface area contributed by atoms with E-state index in [0.717, 1.165) is 6.92 Å². The van der Waals surface area contributed by atoms with Crippen LogP contribution in [0.4, 0.5) is 0 Å². The van der Waals surface area contributed by atoms with Gasteiger partial charge in [-0.15, -0.1) is 0 Å². The molecule has 6 nitrogen and oxygen atoms in total. The third-order valence-electron chi connectivity index (χ3n) is 0. The molecule has 0 atom stereocenters. The third-order valence-corrected chi connectivity index (χ3v) is 0. The molecule has 0 saturated carbocycles. The second-order valence-electron chi connectivity index (χ2n) is 0.519. The molecule has 0 aliphatic carbocycles. The van der Waals surface area contributed by atoms with Crippen LogP contribution >= 0.6 is 0 Å². The van der Waals surface area contributed by atoms with E-state index in [1.165, 1.54) is 0 Å². The van der Waals surface area contributed by atoms with Gasteiger partial charge in [0.1, 0.15) is 0 Å². The number of rotatable bonds is 0. The minimum absolute atomic E-state index is 0. The van der Waals surface area contributed by atoms with Crippen LogP contribution in [0, 0.1) is 0 Å². The first-order valence-electron chi connectivity index (χ1n) is 0.928. The molecule has 0 rings (SSSR count). The van der Waals surface area contributed by atoms with Gasteiger partial charge in [0.05, 0.1) is 0 Å². The fraction of sp³-hybridized carbons (Fsp3) is 0.500. The first-order chi connectivity index (χ1) is 1.73. The monoisotopic (exact) mass is 195 g/mol. The zero-order valence-electron chi connectivity index (χ0n) is 4.66. The van der Waals surface area contributed by atoms with Crippen molar-refractivity contribution in [3.8, 4) is 0 Å². The van der Waals surface area contributed by atoms with Crippen molar-refractivity contribution in [3.05, 3.63) is 0 Å². The van der Waals surface area contributed by atoms with E-state index in [9.17, 15) is 0 Å². The molecule has 0 aromatic heterocycles. The van der Waals surface area contributed by atoms with Gasteiger partial charge in [-0.25, -0.2) is 0 Å². The second kappa shape index (κ2) is 45.6. The van der Waals surface area contributed by atoms with Crippen LogP contribution in [-0.2, 0) is 21.9 Å². The maximum absolute atomic E-state index is 9.00. The Balaban J connectivity index is -0.00000000450. The average Bonchev–Trinajstić information content (AvgIpc) is 0.811. The Morgan fingerprint density at radius 3 is 1.11 bits per heavy atom. The summed E-state index contributed by atoms with van der Waals surface area (Å²) in [6.45, 7) is 1.08. The van der Waals surface area contributed by atoms with Gasteiger partial charge in [-0.1, -0.05) is 0 Å². The van der Waals surface area contributed by atoms with E-state index >= 15 is 0 Å². The summed E-state index contributed by atoms with van der Waals surface area (Å²) in [5.41, 5.74) is 0.